The zero-order valence-electron chi connectivity index (χ0n) is 16.3. The molecule has 158 valence electrons. The van der Waals surface area contributed by atoms with Crippen molar-refractivity contribution in [1.29, 1.82) is 0 Å². The number of hydrogen-bond acceptors (Lipinski definition) is 3. The minimum Gasteiger partial charge on any atom is -0.450 e. The molecule has 4 aromatic rings. The molecule has 0 aliphatic rings. The van der Waals surface area contributed by atoms with Gasteiger partial charge in [0.1, 0.15) is 5.58 Å². The lowest BCUT2D eigenvalue weighted by Crippen LogP contribution is -2.16. The van der Waals surface area contributed by atoms with E-state index in [-0.39, 0.29) is 5.76 Å². The minimum atomic E-state index is -0.427. The number of amides is 1. The summed E-state index contributed by atoms with van der Waals surface area (Å²) in [6.07, 6.45) is 1.62. The van der Waals surface area contributed by atoms with Crippen LogP contribution in [0, 0.1) is 13.8 Å². The molecular weight excluding hydrogens is 613 g/mol. The third-order valence-corrected chi connectivity index (χ3v) is 7.04. The van der Waals surface area contributed by atoms with Crippen molar-refractivity contribution in [2.45, 2.75) is 13.8 Å². The number of aryl methyl sites for hydroxylation is 1. The Kier molecular flexibility index (Phi) is 6.44. The van der Waals surface area contributed by atoms with E-state index in [4.69, 9.17) is 16.0 Å². The second kappa shape index (κ2) is 8.94. The fraction of sp³-hybridized carbons (Fsp3) is 0.0909. The zero-order chi connectivity index (χ0) is 22.3. The monoisotopic (exact) mass is 625 g/mol. The van der Waals surface area contributed by atoms with Crippen LogP contribution in [0.1, 0.15) is 27.5 Å². The van der Waals surface area contributed by atoms with Crippen LogP contribution >= 0.6 is 59.4 Å². The Balaban J connectivity index is 1.55. The predicted octanol–water partition coefficient (Wildman–Crippen LogP) is 7.55. The van der Waals surface area contributed by atoms with Gasteiger partial charge in [0.15, 0.2) is 5.76 Å². The van der Waals surface area contributed by atoms with E-state index in [0.29, 0.717) is 10.6 Å². The van der Waals surface area contributed by atoms with Crippen molar-refractivity contribution in [1.82, 2.24) is 9.99 Å². The van der Waals surface area contributed by atoms with E-state index in [1.807, 2.05) is 50.2 Å². The maximum atomic E-state index is 12.5. The summed E-state index contributed by atoms with van der Waals surface area (Å²) in [5.74, 6) is -0.245. The molecule has 0 spiro atoms. The van der Waals surface area contributed by atoms with Crippen LogP contribution in [-0.2, 0) is 0 Å². The first kappa shape index (κ1) is 22.3. The number of hydrazone groups is 1. The van der Waals surface area contributed by atoms with E-state index in [1.165, 1.54) is 0 Å². The van der Waals surface area contributed by atoms with E-state index in [2.05, 4.69) is 62.9 Å². The maximum absolute atomic E-state index is 12.5. The largest absolute Gasteiger partial charge is 0.450 e. The molecular formula is C22H15Br3ClN3O2. The van der Waals surface area contributed by atoms with Crippen molar-refractivity contribution in [2.24, 2.45) is 5.10 Å². The van der Waals surface area contributed by atoms with Crippen molar-refractivity contribution in [3.63, 3.8) is 0 Å². The summed E-state index contributed by atoms with van der Waals surface area (Å²) in [6, 6.07) is 13.2. The zero-order valence-corrected chi connectivity index (χ0v) is 21.9. The smallest absolute Gasteiger partial charge is 0.307 e. The summed E-state index contributed by atoms with van der Waals surface area (Å²) < 4.78 is 10.2. The van der Waals surface area contributed by atoms with E-state index >= 15 is 0 Å². The van der Waals surface area contributed by atoms with Crippen molar-refractivity contribution >= 4 is 82.5 Å². The van der Waals surface area contributed by atoms with Gasteiger partial charge in [-0.3, -0.25) is 4.79 Å². The van der Waals surface area contributed by atoms with E-state index in [1.54, 1.807) is 12.3 Å². The highest BCUT2D eigenvalue weighted by molar-refractivity contribution is 9.11. The summed E-state index contributed by atoms with van der Waals surface area (Å²) in [5, 5.41) is 5.56. The van der Waals surface area contributed by atoms with Crippen LogP contribution in [0.25, 0.3) is 16.7 Å². The highest BCUT2D eigenvalue weighted by atomic mass is 79.9. The highest BCUT2D eigenvalue weighted by Crippen LogP contribution is 2.31. The van der Waals surface area contributed by atoms with Crippen LogP contribution in [0.3, 0.4) is 0 Å². The molecule has 0 saturated heterocycles. The number of furan rings is 1. The highest BCUT2D eigenvalue weighted by Gasteiger charge is 2.15. The van der Waals surface area contributed by atoms with Gasteiger partial charge in [-0.15, -0.1) is 0 Å². The Morgan fingerprint density at radius 2 is 1.87 bits per heavy atom. The molecule has 0 saturated carbocycles. The van der Waals surface area contributed by atoms with Crippen LogP contribution in [0.15, 0.2) is 65.4 Å². The quantitative estimate of drug-likeness (QED) is 0.188. The number of nitrogens with zero attached hydrogens (tertiary/aromatic N) is 2. The molecule has 0 aliphatic carbocycles. The van der Waals surface area contributed by atoms with Gasteiger partial charge in [0, 0.05) is 37.0 Å². The molecule has 2 heterocycles. The molecule has 31 heavy (non-hydrogen) atoms. The second-order valence-corrected chi connectivity index (χ2v) is 9.91. The molecule has 1 amide bonds. The van der Waals surface area contributed by atoms with Gasteiger partial charge in [-0.05, 0) is 88.2 Å². The molecule has 0 aliphatic heterocycles. The Morgan fingerprint density at radius 1 is 1.10 bits per heavy atom. The molecule has 5 nitrogen and oxygen atoms in total. The number of carbonyl (C=O) groups excluding carboxylic acids is 1. The van der Waals surface area contributed by atoms with Gasteiger partial charge in [-0.1, -0.05) is 27.5 Å². The molecule has 0 fully saturated rings. The molecule has 0 atom stereocenters. The van der Waals surface area contributed by atoms with Crippen molar-refractivity contribution in [3.8, 4) is 5.69 Å². The average molecular weight is 629 g/mol. The lowest BCUT2D eigenvalue weighted by Gasteiger charge is -2.10. The van der Waals surface area contributed by atoms with Crippen LogP contribution < -0.4 is 5.43 Å². The first-order valence-electron chi connectivity index (χ1n) is 9.11. The fourth-order valence-electron chi connectivity index (χ4n) is 3.34. The molecule has 2 aromatic heterocycles. The molecule has 0 unspecified atom stereocenters. The summed E-state index contributed by atoms with van der Waals surface area (Å²) >= 11 is 16.5. The first-order chi connectivity index (χ1) is 14.7. The van der Waals surface area contributed by atoms with Gasteiger partial charge < -0.3 is 8.98 Å². The van der Waals surface area contributed by atoms with Crippen molar-refractivity contribution in [3.05, 3.63) is 83.6 Å². The molecule has 0 bridgehead atoms. The summed E-state index contributed by atoms with van der Waals surface area (Å²) in [6.45, 7) is 3.99. The third kappa shape index (κ3) is 4.53. The van der Waals surface area contributed by atoms with Crippen molar-refractivity contribution < 1.29 is 9.21 Å². The van der Waals surface area contributed by atoms with Gasteiger partial charge in [0.05, 0.1) is 15.7 Å². The number of halogens is 4. The second-order valence-electron chi connectivity index (χ2n) is 6.88. The first-order valence-corrected chi connectivity index (χ1v) is 11.9. The van der Waals surface area contributed by atoms with E-state index in [0.717, 1.165) is 41.4 Å². The van der Waals surface area contributed by atoms with Crippen LogP contribution in [-0.4, -0.2) is 16.7 Å². The lowest BCUT2D eigenvalue weighted by atomic mass is 10.2. The van der Waals surface area contributed by atoms with Gasteiger partial charge in [0.25, 0.3) is 0 Å². The van der Waals surface area contributed by atoms with Gasteiger partial charge in [-0.25, -0.2) is 5.43 Å². The fourth-order valence-corrected chi connectivity index (χ4v) is 5.10. The van der Waals surface area contributed by atoms with E-state index in [9.17, 15) is 4.79 Å². The third-order valence-electron chi connectivity index (χ3n) is 4.76. The van der Waals surface area contributed by atoms with Gasteiger partial charge in [-0.2, -0.15) is 5.10 Å². The maximum Gasteiger partial charge on any atom is 0.307 e. The Morgan fingerprint density at radius 3 is 2.61 bits per heavy atom. The Hall–Kier alpha value is -1.87. The minimum absolute atomic E-state index is 0.181. The van der Waals surface area contributed by atoms with E-state index < -0.39 is 5.91 Å². The summed E-state index contributed by atoms with van der Waals surface area (Å²) in [4.78, 5) is 12.5. The normalized spacial score (nSPS) is 11.5. The number of fused-ring (bicyclic) bond motifs is 1. The molecule has 9 heteroatoms. The average Bonchev–Trinajstić information content (AvgIpc) is 3.25. The Labute approximate surface area is 208 Å². The predicted molar refractivity (Wildman–Crippen MR) is 135 cm³/mol. The number of hydrogen-bond donors (Lipinski definition) is 1. The summed E-state index contributed by atoms with van der Waals surface area (Å²) in [5.41, 5.74) is 6.97. The van der Waals surface area contributed by atoms with Gasteiger partial charge in [0.2, 0.25) is 0 Å². The number of aromatic nitrogens is 1. The SMILES string of the molecule is Cc1cc(/C=N\NC(=O)c2cc3cc(Br)cc(Br)c3o2)c(C)n1-c1ccc(Br)c(Cl)c1. The van der Waals surface area contributed by atoms with Crippen LogP contribution in [0.4, 0.5) is 0 Å². The standard InChI is InChI=1S/C22H15Br3ClN3O2/c1-11-5-14(12(2)29(11)16-3-4-17(24)19(26)9-16)10-27-28-22(30)20-7-13-6-15(23)8-18(25)21(13)31-20/h3-10H,1-2H3,(H,28,30)/b27-10-. The molecule has 2 aromatic carbocycles. The number of nitrogens with one attached hydrogen (secondary N) is 1. The van der Waals surface area contributed by atoms with Gasteiger partial charge >= 0.3 is 5.91 Å². The lowest BCUT2D eigenvalue weighted by molar-refractivity contribution is 0.0929. The number of carbonyl (C=O) groups is 1. The Bertz CT molecular complexity index is 1360. The number of rotatable bonds is 4. The molecule has 1 N–H and O–H groups in total. The number of benzene rings is 2. The molecule has 4 rings (SSSR count). The summed E-state index contributed by atoms with van der Waals surface area (Å²) in [7, 11) is 0. The van der Waals surface area contributed by atoms with Crippen molar-refractivity contribution in [2.75, 3.05) is 0 Å². The van der Waals surface area contributed by atoms with Crippen LogP contribution in [0.5, 0.6) is 0 Å². The van der Waals surface area contributed by atoms with Crippen LogP contribution in [0.2, 0.25) is 5.02 Å². The topological polar surface area (TPSA) is 59.5 Å². The molecule has 0 radical (unpaired) electrons.